The predicted octanol–water partition coefficient (Wildman–Crippen LogP) is 3.46. The quantitative estimate of drug-likeness (QED) is 0.911. The summed E-state index contributed by atoms with van der Waals surface area (Å²) in [6, 6.07) is 9.29. The molecule has 2 aromatic rings. The fourth-order valence-electron chi connectivity index (χ4n) is 1.76. The van der Waals surface area contributed by atoms with Gasteiger partial charge in [0.25, 0.3) is 0 Å². The van der Waals surface area contributed by atoms with E-state index in [4.69, 9.17) is 34.0 Å². The lowest BCUT2D eigenvalue weighted by Gasteiger charge is -2.07. The summed E-state index contributed by atoms with van der Waals surface area (Å²) in [6.07, 6.45) is 0. The molecule has 0 saturated carbocycles. The Morgan fingerprint density at radius 1 is 0.900 bits per heavy atom. The molecule has 0 aliphatic carbocycles. The van der Waals surface area contributed by atoms with Crippen molar-refractivity contribution < 1.29 is 14.7 Å². The van der Waals surface area contributed by atoms with Crippen LogP contribution in [0.3, 0.4) is 0 Å². The van der Waals surface area contributed by atoms with Crippen molar-refractivity contribution in [1.29, 1.82) is 0 Å². The number of nitrogens with two attached hydrogens (primary N) is 1. The summed E-state index contributed by atoms with van der Waals surface area (Å²) in [7, 11) is 0. The standard InChI is InChI=1S/C14H9Cl2NO3/c15-11-3-1-7(5-9(11)13(17)18)8-2-4-12(16)10(6-8)14(19)20/h1-6H,(H2,17,18)(H,19,20). The first-order chi connectivity index (χ1) is 9.40. The topological polar surface area (TPSA) is 80.4 Å². The minimum absolute atomic E-state index is 0.0141. The van der Waals surface area contributed by atoms with Crippen molar-refractivity contribution in [3.8, 4) is 11.1 Å². The lowest BCUT2D eigenvalue weighted by atomic mass is 10.0. The molecule has 2 rings (SSSR count). The number of hydrogen-bond donors (Lipinski definition) is 2. The summed E-state index contributed by atoms with van der Waals surface area (Å²) >= 11 is 11.7. The first-order valence-electron chi connectivity index (χ1n) is 5.52. The van der Waals surface area contributed by atoms with E-state index in [2.05, 4.69) is 0 Å². The highest BCUT2D eigenvalue weighted by Gasteiger charge is 2.12. The number of carbonyl (C=O) groups is 2. The molecule has 0 atom stereocenters. The van der Waals surface area contributed by atoms with Gasteiger partial charge in [-0.2, -0.15) is 0 Å². The highest BCUT2D eigenvalue weighted by Crippen LogP contribution is 2.28. The monoisotopic (exact) mass is 309 g/mol. The normalized spacial score (nSPS) is 10.3. The fourth-order valence-corrected chi connectivity index (χ4v) is 2.17. The number of aromatic carboxylic acids is 1. The SMILES string of the molecule is NC(=O)c1cc(-c2ccc(Cl)c(C(=O)O)c2)ccc1Cl. The first kappa shape index (κ1) is 14.4. The van der Waals surface area contributed by atoms with Crippen molar-refractivity contribution in [2.45, 2.75) is 0 Å². The zero-order valence-corrected chi connectivity index (χ0v) is 11.6. The molecule has 0 radical (unpaired) electrons. The lowest BCUT2D eigenvalue weighted by Crippen LogP contribution is -2.11. The molecular weight excluding hydrogens is 301 g/mol. The van der Waals surface area contributed by atoms with Gasteiger partial charge in [-0.25, -0.2) is 4.79 Å². The minimum atomic E-state index is -1.12. The Kier molecular flexibility index (Phi) is 3.97. The Labute approximate surface area is 124 Å². The van der Waals surface area contributed by atoms with Gasteiger partial charge in [-0.3, -0.25) is 4.79 Å². The third-order valence-electron chi connectivity index (χ3n) is 2.76. The Bertz CT molecular complexity index is 652. The summed E-state index contributed by atoms with van der Waals surface area (Å²) in [5, 5.41) is 9.43. The molecule has 4 nitrogen and oxygen atoms in total. The van der Waals surface area contributed by atoms with E-state index in [9.17, 15) is 9.59 Å². The molecule has 0 aromatic heterocycles. The molecular formula is C14H9Cl2NO3. The number of rotatable bonds is 3. The van der Waals surface area contributed by atoms with Crippen LogP contribution >= 0.6 is 23.2 Å². The van der Waals surface area contributed by atoms with Crippen molar-refractivity contribution in [3.63, 3.8) is 0 Å². The van der Waals surface area contributed by atoms with E-state index in [1.165, 1.54) is 24.3 Å². The number of hydrogen-bond acceptors (Lipinski definition) is 2. The highest BCUT2D eigenvalue weighted by molar-refractivity contribution is 6.34. The van der Waals surface area contributed by atoms with Gasteiger partial charge in [-0.1, -0.05) is 35.3 Å². The smallest absolute Gasteiger partial charge is 0.337 e. The molecule has 1 amide bonds. The van der Waals surface area contributed by atoms with Crippen LogP contribution in [0.25, 0.3) is 11.1 Å². The Morgan fingerprint density at radius 3 is 1.80 bits per heavy atom. The van der Waals surface area contributed by atoms with Gasteiger partial charge in [-0.05, 0) is 35.4 Å². The molecule has 102 valence electrons. The molecule has 2 aromatic carbocycles. The van der Waals surface area contributed by atoms with Crippen LogP contribution < -0.4 is 5.73 Å². The van der Waals surface area contributed by atoms with Crippen LogP contribution in [0.2, 0.25) is 10.0 Å². The summed E-state index contributed by atoms with van der Waals surface area (Å²) in [6.45, 7) is 0. The lowest BCUT2D eigenvalue weighted by molar-refractivity contribution is 0.0697. The summed E-state index contributed by atoms with van der Waals surface area (Å²) in [5.74, 6) is -1.77. The van der Waals surface area contributed by atoms with E-state index in [0.717, 1.165) is 0 Å². The predicted molar refractivity (Wildman–Crippen MR) is 77.4 cm³/mol. The second-order valence-electron chi connectivity index (χ2n) is 4.06. The molecule has 0 saturated heterocycles. The molecule has 0 fully saturated rings. The summed E-state index contributed by atoms with van der Waals surface area (Å²) in [4.78, 5) is 22.3. The van der Waals surface area contributed by atoms with Gasteiger partial charge in [0.15, 0.2) is 0 Å². The van der Waals surface area contributed by atoms with Gasteiger partial charge in [-0.15, -0.1) is 0 Å². The maximum Gasteiger partial charge on any atom is 0.337 e. The number of carboxylic acids is 1. The van der Waals surface area contributed by atoms with Crippen LogP contribution in [0.15, 0.2) is 36.4 Å². The number of benzene rings is 2. The van der Waals surface area contributed by atoms with Crippen molar-refractivity contribution in [3.05, 3.63) is 57.6 Å². The number of amides is 1. The third-order valence-corrected chi connectivity index (χ3v) is 3.42. The molecule has 6 heteroatoms. The van der Waals surface area contributed by atoms with E-state index in [-0.39, 0.29) is 21.2 Å². The average Bonchev–Trinajstić information content (AvgIpc) is 2.39. The van der Waals surface area contributed by atoms with Gasteiger partial charge in [0, 0.05) is 0 Å². The fraction of sp³-hybridized carbons (Fsp3) is 0. The number of carboxylic acid groups (broad SMARTS) is 1. The Balaban J connectivity index is 2.57. The minimum Gasteiger partial charge on any atom is -0.478 e. The van der Waals surface area contributed by atoms with Gasteiger partial charge in [0.05, 0.1) is 21.2 Å². The molecule has 0 aliphatic heterocycles. The molecule has 0 unspecified atom stereocenters. The summed E-state index contributed by atoms with van der Waals surface area (Å²) < 4.78 is 0. The van der Waals surface area contributed by atoms with Gasteiger partial charge in [0.1, 0.15) is 0 Å². The van der Waals surface area contributed by atoms with E-state index >= 15 is 0 Å². The second kappa shape index (κ2) is 5.53. The molecule has 3 N–H and O–H groups in total. The number of carbonyl (C=O) groups excluding carboxylic acids is 1. The Morgan fingerprint density at radius 2 is 1.35 bits per heavy atom. The summed E-state index contributed by atoms with van der Waals surface area (Å²) in [5.41, 5.74) is 6.62. The van der Waals surface area contributed by atoms with E-state index < -0.39 is 11.9 Å². The largest absolute Gasteiger partial charge is 0.478 e. The zero-order chi connectivity index (χ0) is 14.9. The molecule has 0 bridgehead atoms. The number of primary amides is 1. The third kappa shape index (κ3) is 2.76. The highest BCUT2D eigenvalue weighted by atomic mass is 35.5. The number of halogens is 2. The maximum atomic E-state index is 11.3. The van der Waals surface area contributed by atoms with Crippen molar-refractivity contribution in [1.82, 2.24) is 0 Å². The molecule has 0 heterocycles. The van der Waals surface area contributed by atoms with E-state index in [1.54, 1.807) is 12.1 Å². The first-order valence-corrected chi connectivity index (χ1v) is 6.28. The maximum absolute atomic E-state index is 11.3. The van der Waals surface area contributed by atoms with Crippen LogP contribution in [-0.4, -0.2) is 17.0 Å². The zero-order valence-electron chi connectivity index (χ0n) is 10.1. The van der Waals surface area contributed by atoms with Crippen molar-refractivity contribution >= 4 is 35.1 Å². The van der Waals surface area contributed by atoms with Crippen LogP contribution in [0.5, 0.6) is 0 Å². The van der Waals surface area contributed by atoms with Crippen molar-refractivity contribution in [2.24, 2.45) is 5.73 Å². The van der Waals surface area contributed by atoms with Gasteiger partial charge in [0.2, 0.25) is 5.91 Å². The van der Waals surface area contributed by atoms with Gasteiger partial charge < -0.3 is 10.8 Å². The van der Waals surface area contributed by atoms with Crippen LogP contribution in [0.1, 0.15) is 20.7 Å². The van der Waals surface area contributed by atoms with Gasteiger partial charge >= 0.3 is 5.97 Å². The van der Waals surface area contributed by atoms with Crippen LogP contribution in [0.4, 0.5) is 0 Å². The molecule has 0 aliphatic rings. The second-order valence-corrected chi connectivity index (χ2v) is 4.87. The van der Waals surface area contributed by atoms with E-state index in [1.807, 2.05) is 0 Å². The van der Waals surface area contributed by atoms with E-state index in [0.29, 0.717) is 11.1 Å². The van der Waals surface area contributed by atoms with Crippen molar-refractivity contribution in [2.75, 3.05) is 0 Å². The Hall–Kier alpha value is -2.04. The molecule has 20 heavy (non-hydrogen) atoms. The average molecular weight is 310 g/mol. The molecule has 0 spiro atoms. The van der Waals surface area contributed by atoms with Crippen LogP contribution in [-0.2, 0) is 0 Å². The van der Waals surface area contributed by atoms with Crippen LogP contribution in [0, 0.1) is 0 Å².